The lowest BCUT2D eigenvalue weighted by Crippen LogP contribution is -2.13. The van der Waals surface area contributed by atoms with Gasteiger partial charge in [-0.2, -0.15) is 0 Å². The van der Waals surface area contributed by atoms with E-state index in [4.69, 9.17) is 9.47 Å². The van der Waals surface area contributed by atoms with E-state index >= 15 is 0 Å². The van der Waals surface area contributed by atoms with Gasteiger partial charge >= 0.3 is 0 Å². The van der Waals surface area contributed by atoms with Crippen molar-refractivity contribution in [3.8, 4) is 11.5 Å². The first kappa shape index (κ1) is 21.1. The number of para-hydroxylation sites is 1. The molecule has 0 aromatic heterocycles. The number of hydrogen-bond acceptors (Lipinski definition) is 5. The lowest BCUT2D eigenvalue weighted by molar-refractivity contribution is 0.104. The molecule has 1 N–H and O–H groups in total. The van der Waals surface area contributed by atoms with E-state index in [0.717, 1.165) is 5.56 Å². The number of rotatable bonds is 8. The molecule has 0 spiro atoms. The molecule has 3 aromatic rings. The third-order valence-electron chi connectivity index (χ3n) is 4.29. The second-order valence-corrected chi connectivity index (χ2v) is 7.99. The smallest absolute Gasteiger partial charge is 0.261 e. The van der Waals surface area contributed by atoms with Gasteiger partial charge in [0.1, 0.15) is 0 Å². The second kappa shape index (κ2) is 9.28. The summed E-state index contributed by atoms with van der Waals surface area (Å²) in [5, 5.41) is 0. The highest BCUT2D eigenvalue weighted by atomic mass is 32.2. The molecule has 3 aromatic carbocycles. The van der Waals surface area contributed by atoms with Crippen LogP contribution in [-0.2, 0) is 10.0 Å². The Morgan fingerprint density at radius 1 is 0.867 bits per heavy atom. The maximum absolute atomic E-state index is 12.6. The SMILES string of the molecule is COc1ccc(/C=C/C(=O)c2cccc(S(=O)(=O)Nc3ccccc3)c2)cc1OC. The van der Waals surface area contributed by atoms with E-state index in [9.17, 15) is 13.2 Å². The van der Waals surface area contributed by atoms with Crippen molar-refractivity contribution in [2.24, 2.45) is 0 Å². The van der Waals surface area contributed by atoms with Crippen LogP contribution in [0.2, 0.25) is 0 Å². The number of nitrogens with one attached hydrogen (secondary N) is 1. The average molecular weight is 423 g/mol. The topological polar surface area (TPSA) is 81.7 Å². The highest BCUT2D eigenvalue weighted by molar-refractivity contribution is 7.92. The molecule has 154 valence electrons. The number of methoxy groups -OCH3 is 2. The largest absolute Gasteiger partial charge is 0.493 e. The summed E-state index contributed by atoms with van der Waals surface area (Å²) in [6, 6.07) is 19.7. The molecule has 0 amide bonds. The van der Waals surface area contributed by atoms with Gasteiger partial charge in [0.25, 0.3) is 10.0 Å². The molecule has 6 nitrogen and oxygen atoms in total. The van der Waals surface area contributed by atoms with Gasteiger partial charge in [0, 0.05) is 11.3 Å². The van der Waals surface area contributed by atoms with Gasteiger partial charge in [0.05, 0.1) is 19.1 Å². The van der Waals surface area contributed by atoms with E-state index in [1.807, 2.05) is 0 Å². The molecule has 0 saturated carbocycles. The predicted octanol–water partition coefficient (Wildman–Crippen LogP) is 4.40. The quantitative estimate of drug-likeness (QED) is 0.429. The van der Waals surface area contributed by atoms with Crippen molar-refractivity contribution in [1.29, 1.82) is 0 Å². The maximum atomic E-state index is 12.6. The van der Waals surface area contributed by atoms with Gasteiger partial charge in [-0.15, -0.1) is 0 Å². The number of allylic oxidation sites excluding steroid dienone is 1. The van der Waals surface area contributed by atoms with E-state index in [2.05, 4.69) is 4.72 Å². The third-order valence-corrected chi connectivity index (χ3v) is 5.67. The molecule has 0 bridgehead atoms. The molecule has 0 aliphatic carbocycles. The summed E-state index contributed by atoms with van der Waals surface area (Å²) in [7, 11) is -0.730. The summed E-state index contributed by atoms with van der Waals surface area (Å²) < 4.78 is 38.2. The molecular weight excluding hydrogens is 402 g/mol. The zero-order valence-electron chi connectivity index (χ0n) is 16.5. The Morgan fingerprint density at radius 2 is 1.60 bits per heavy atom. The number of benzene rings is 3. The average Bonchev–Trinajstić information content (AvgIpc) is 2.77. The Labute approximate surface area is 175 Å². The second-order valence-electron chi connectivity index (χ2n) is 6.31. The number of sulfonamides is 1. The van der Waals surface area contributed by atoms with Crippen LogP contribution in [0.1, 0.15) is 15.9 Å². The van der Waals surface area contributed by atoms with E-state index in [0.29, 0.717) is 17.2 Å². The minimum atomic E-state index is -3.81. The zero-order valence-corrected chi connectivity index (χ0v) is 17.3. The van der Waals surface area contributed by atoms with Gasteiger partial charge < -0.3 is 9.47 Å². The molecule has 0 radical (unpaired) electrons. The van der Waals surface area contributed by atoms with Crippen LogP contribution < -0.4 is 14.2 Å². The van der Waals surface area contributed by atoms with Crippen LogP contribution >= 0.6 is 0 Å². The molecule has 0 aliphatic heterocycles. The Kier molecular flexibility index (Phi) is 6.54. The Bertz CT molecular complexity index is 1170. The van der Waals surface area contributed by atoms with Crippen LogP contribution in [0.25, 0.3) is 6.08 Å². The number of carbonyl (C=O) groups is 1. The summed E-state index contributed by atoms with van der Waals surface area (Å²) in [6.45, 7) is 0. The molecule has 0 heterocycles. The first-order valence-electron chi connectivity index (χ1n) is 9.05. The predicted molar refractivity (Wildman–Crippen MR) is 117 cm³/mol. The maximum Gasteiger partial charge on any atom is 0.261 e. The Balaban J connectivity index is 1.80. The number of hydrogen-bond donors (Lipinski definition) is 1. The first-order valence-corrected chi connectivity index (χ1v) is 10.5. The van der Waals surface area contributed by atoms with Crippen molar-refractivity contribution in [3.05, 3.63) is 90.0 Å². The van der Waals surface area contributed by atoms with Crippen molar-refractivity contribution in [2.75, 3.05) is 18.9 Å². The minimum Gasteiger partial charge on any atom is -0.493 e. The van der Waals surface area contributed by atoms with Crippen molar-refractivity contribution >= 4 is 27.6 Å². The minimum absolute atomic E-state index is 0.0109. The lowest BCUT2D eigenvalue weighted by atomic mass is 10.1. The monoisotopic (exact) mass is 423 g/mol. The summed E-state index contributed by atoms with van der Waals surface area (Å²) in [6.07, 6.45) is 3.02. The van der Waals surface area contributed by atoms with E-state index < -0.39 is 10.0 Å². The summed E-state index contributed by atoms with van der Waals surface area (Å²) >= 11 is 0. The molecule has 0 saturated heterocycles. The lowest BCUT2D eigenvalue weighted by Gasteiger charge is -2.09. The number of ether oxygens (including phenoxy) is 2. The first-order chi connectivity index (χ1) is 14.4. The van der Waals surface area contributed by atoms with Crippen LogP contribution in [0.5, 0.6) is 11.5 Å². The summed E-state index contributed by atoms with van der Waals surface area (Å²) in [5.41, 5.74) is 1.46. The van der Waals surface area contributed by atoms with Crippen molar-refractivity contribution in [2.45, 2.75) is 4.90 Å². The van der Waals surface area contributed by atoms with Gasteiger partial charge in [-0.3, -0.25) is 9.52 Å². The van der Waals surface area contributed by atoms with E-state index in [1.54, 1.807) is 67.8 Å². The van der Waals surface area contributed by atoms with Crippen molar-refractivity contribution in [3.63, 3.8) is 0 Å². The number of ketones is 1. The molecule has 3 rings (SSSR count). The van der Waals surface area contributed by atoms with E-state index in [-0.39, 0.29) is 16.2 Å². The Hall–Kier alpha value is -3.58. The molecule has 0 atom stereocenters. The summed E-state index contributed by atoms with van der Waals surface area (Å²) in [5.74, 6) is 0.818. The van der Waals surface area contributed by atoms with Crippen LogP contribution in [0, 0.1) is 0 Å². The fourth-order valence-electron chi connectivity index (χ4n) is 2.76. The summed E-state index contributed by atoms with van der Waals surface area (Å²) in [4.78, 5) is 12.6. The third kappa shape index (κ3) is 5.07. The molecule has 0 unspecified atom stereocenters. The highest BCUT2D eigenvalue weighted by Crippen LogP contribution is 2.28. The fourth-order valence-corrected chi connectivity index (χ4v) is 3.87. The molecular formula is C23H21NO5S. The standard InChI is InChI=1S/C23H21NO5S/c1-28-22-14-12-17(15-23(22)29-2)11-13-21(25)18-7-6-10-20(16-18)30(26,27)24-19-8-4-3-5-9-19/h3-16,24H,1-2H3/b13-11+. The van der Waals surface area contributed by atoms with Gasteiger partial charge in [0.2, 0.25) is 0 Å². The number of carbonyl (C=O) groups excluding carboxylic acids is 1. The van der Waals surface area contributed by atoms with Gasteiger partial charge in [-0.25, -0.2) is 8.42 Å². The van der Waals surface area contributed by atoms with Crippen molar-refractivity contribution < 1.29 is 22.7 Å². The molecule has 30 heavy (non-hydrogen) atoms. The fraction of sp³-hybridized carbons (Fsp3) is 0.0870. The zero-order chi connectivity index (χ0) is 21.6. The van der Waals surface area contributed by atoms with Crippen molar-refractivity contribution in [1.82, 2.24) is 0 Å². The van der Waals surface area contributed by atoms with Gasteiger partial charge in [-0.1, -0.05) is 42.5 Å². The van der Waals surface area contributed by atoms with Gasteiger partial charge in [0.15, 0.2) is 17.3 Å². The van der Waals surface area contributed by atoms with Crippen LogP contribution in [0.15, 0.2) is 83.8 Å². The number of anilines is 1. The van der Waals surface area contributed by atoms with Crippen LogP contribution in [0.4, 0.5) is 5.69 Å². The Morgan fingerprint density at radius 3 is 2.30 bits per heavy atom. The van der Waals surface area contributed by atoms with Crippen LogP contribution in [0.3, 0.4) is 0 Å². The molecule has 0 aliphatic rings. The van der Waals surface area contributed by atoms with E-state index in [1.165, 1.54) is 31.4 Å². The highest BCUT2D eigenvalue weighted by Gasteiger charge is 2.16. The van der Waals surface area contributed by atoms with Crippen LogP contribution in [-0.4, -0.2) is 28.4 Å². The van der Waals surface area contributed by atoms with Gasteiger partial charge in [-0.05, 0) is 48.0 Å². The molecule has 0 fully saturated rings. The molecule has 7 heteroatoms. The normalized spacial score (nSPS) is 11.3.